The highest BCUT2D eigenvalue weighted by Gasteiger charge is 2.36. The van der Waals surface area contributed by atoms with Gasteiger partial charge in [0.05, 0.1) is 5.69 Å². The van der Waals surface area contributed by atoms with E-state index in [0.29, 0.717) is 5.71 Å². The van der Waals surface area contributed by atoms with Crippen LogP contribution in [0.15, 0.2) is 41.1 Å². The lowest BCUT2D eigenvalue weighted by molar-refractivity contribution is 0.646. The van der Waals surface area contributed by atoms with E-state index in [0.717, 1.165) is 44.9 Å². The molecule has 0 saturated carbocycles. The molecule has 6 nitrogen and oxygen atoms in total. The van der Waals surface area contributed by atoms with Gasteiger partial charge in [0, 0.05) is 35.9 Å². The van der Waals surface area contributed by atoms with E-state index in [4.69, 9.17) is 4.42 Å². The average molecular weight is 345 g/mol. The summed E-state index contributed by atoms with van der Waals surface area (Å²) in [5, 5.41) is 2.10. The van der Waals surface area contributed by atoms with Crippen molar-refractivity contribution in [2.45, 2.75) is 26.9 Å². The molecule has 0 bridgehead atoms. The van der Waals surface area contributed by atoms with E-state index in [2.05, 4.69) is 56.8 Å². The molecule has 26 heavy (non-hydrogen) atoms. The fourth-order valence-corrected chi connectivity index (χ4v) is 3.76. The van der Waals surface area contributed by atoms with Crippen LogP contribution < -0.4 is 9.80 Å². The Bertz CT molecular complexity index is 1170. The van der Waals surface area contributed by atoms with Gasteiger partial charge in [-0.1, -0.05) is 12.1 Å². The number of furan rings is 1. The van der Waals surface area contributed by atoms with Gasteiger partial charge in [0.15, 0.2) is 17.2 Å². The summed E-state index contributed by atoms with van der Waals surface area (Å²) in [5.74, 6) is 1.73. The number of aryl methyl sites for hydroxylation is 2. The molecule has 6 heteroatoms. The molecule has 0 aliphatic carbocycles. The summed E-state index contributed by atoms with van der Waals surface area (Å²) in [6.45, 7) is 6.22. The molecular formula is C20H19N5O. The fourth-order valence-electron chi connectivity index (χ4n) is 3.76. The van der Waals surface area contributed by atoms with Crippen molar-refractivity contribution in [1.82, 2.24) is 15.0 Å². The van der Waals surface area contributed by atoms with Gasteiger partial charge in [0.2, 0.25) is 5.71 Å². The van der Waals surface area contributed by atoms with Crippen LogP contribution in [0.4, 0.5) is 17.3 Å². The molecule has 3 aromatic heterocycles. The van der Waals surface area contributed by atoms with E-state index in [1.54, 1.807) is 12.4 Å². The molecule has 1 aromatic carbocycles. The Morgan fingerprint density at radius 3 is 2.50 bits per heavy atom. The molecule has 1 atom stereocenters. The quantitative estimate of drug-likeness (QED) is 0.512. The lowest BCUT2D eigenvalue weighted by atomic mass is 10.1. The number of pyridine rings is 1. The lowest BCUT2D eigenvalue weighted by Crippen LogP contribution is -2.36. The maximum atomic E-state index is 6.24. The van der Waals surface area contributed by atoms with Crippen molar-refractivity contribution in [3.8, 4) is 0 Å². The molecule has 5 rings (SSSR count). The third-order valence-corrected chi connectivity index (χ3v) is 5.22. The molecule has 0 N–H and O–H groups in total. The van der Waals surface area contributed by atoms with Crippen molar-refractivity contribution in [3.63, 3.8) is 0 Å². The van der Waals surface area contributed by atoms with Gasteiger partial charge in [-0.15, -0.1) is 0 Å². The number of rotatable bonds is 1. The highest BCUT2D eigenvalue weighted by molar-refractivity contribution is 6.09. The van der Waals surface area contributed by atoms with Crippen molar-refractivity contribution in [1.29, 1.82) is 0 Å². The first-order chi connectivity index (χ1) is 12.6. The molecule has 130 valence electrons. The Morgan fingerprint density at radius 1 is 0.962 bits per heavy atom. The van der Waals surface area contributed by atoms with Crippen LogP contribution in [0.2, 0.25) is 0 Å². The van der Waals surface area contributed by atoms with Gasteiger partial charge in [0.25, 0.3) is 0 Å². The largest absolute Gasteiger partial charge is 0.435 e. The lowest BCUT2D eigenvalue weighted by Gasteiger charge is -2.27. The summed E-state index contributed by atoms with van der Waals surface area (Å²) in [5.41, 5.74) is 4.62. The van der Waals surface area contributed by atoms with E-state index >= 15 is 0 Å². The first-order valence-corrected chi connectivity index (χ1v) is 8.69. The predicted molar refractivity (Wildman–Crippen MR) is 103 cm³/mol. The number of anilines is 3. The summed E-state index contributed by atoms with van der Waals surface area (Å²) < 4.78 is 6.24. The second-order valence-corrected chi connectivity index (χ2v) is 6.83. The van der Waals surface area contributed by atoms with Crippen LogP contribution in [-0.2, 0) is 0 Å². The summed E-state index contributed by atoms with van der Waals surface area (Å²) in [6, 6.07) is 8.34. The molecule has 4 aromatic rings. The SMILES string of the molecule is Cc1ccc2c(n1)oc1c(N3c4nccnc4N(C)[C@@H]3C)c(C)ccc12. The Labute approximate surface area is 151 Å². The minimum Gasteiger partial charge on any atom is -0.435 e. The number of aromatic nitrogens is 3. The van der Waals surface area contributed by atoms with Gasteiger partial charge < -0.3 is 9.32 Å². The van der Waals surface area contributed by atoms with Crippen LogP contribution in [0, 0.1) is 13.8 Å². The zero-order valence-electron chi connectivity index (χ0n) is 15.2. The van der Waals surface area contributed by atoms with Crippen molar-refractivity contribution in [3.05, 3.63) is 47.9 Å². The maximum absolute atomic E-state index is 6.24. The molecule has 0 fully saturated rings. The van der Waals surface area contributed by atoms with Crippen molar-refractivity contribution in [2.24, 2.45) is 0 Å². The second-order valence-electron chi connectivity index (χ2n) is 6.83. The molecule has 0 spiro atoms. The average Bonchev–Trinajstić information content (AvgIpc) is 3.11. The molecule has 0 unspecified atom stereocenters. The maximum Gasteiger partial charge on any atom is 0.227 e. The smallest absolute Gasteiger partial charge is 0.227 e. The molecule has 1 aliphatic rings. The third kappa shape index (κ3) is 1.89. The van der Waals surface area contributed by atoms with Crippen LogP contribution in [0.25, 0.3) is 22.1 Å². The van der Waals surface area contributed by atoms with Crippen molar-refractivity contribution < 1.29 is 4.42 Å². The fraction of sp³-hybridized carbons (Fsp3) is 0.250. The first kappa shape index (κ1) is 15.1. The molecule has 1 aliphatic heterocycles. The molecular weight excluding hydrogens is 326 g/mol. The standard InChI is InChI=1S/C20H19N5O/c1-11-5-7-14-15-8-6-12(2)23-20(15)26-17(14)16(11)25-13(3)24(4)18-19(25)22-10-9-21-18/h5-10,13H,1-4H3/t13-/m0/s1. The van der Waals surface area contributed by atoms with Gasteiger partial charge >= 0.3 is 0 Å². The van der Waals surface area contributed by atoms with Gasteiger partial charge in [-0.25, -0.2) is 15.0 Å². The summed E-state index contributed by atoms with van der Waals surface area (Å²) in [7, 11) is 2.04. The van der Waals surface area contributed by atoms with E-state index in [1.807, 2.05) is 20.0 Å². The Kier molecular flexibility index (Phi) is 3.01. The molecule has 0 radical (unpaired) electrons. The third-order valence-electron chi connectivity index (χ3n) is 5.22. The number of hydrogen-bond donors (Lipinski definition) is 0. The van der Waals surface area contributed by atoms with Crippen LogP contribution in [0.1, 0.15) is 18.2 Å². The number of benzene rings is 1. The minimum absolute atomic E-state index is 0.0830. The zero-order valence-corrected chi connectivity index (χ0v) is 15.2. The summed E-state index contributed by atoms with van der Waals surface area (Å²) >= 11 is 0. The van der Waals surface area contributed by atoms with Crippen LogP contribution >= 0.6 is 0 Å². The molecule has 0 amide bonds. The Morgan fingerprint density at radius 2 is 1.69 bits per heavy atom. The van der Waals surface area contributed by atoms with Crippen LogP contribution in [0.5, 0.6) is 0 Å². The molecule has 0 saturated heterocycles. The van der Waals surface area contributed by atoms with E-state index < -0.39 is 0 Å². The number of nitrogens with zero attached hydrogens (tertiary/aromatic N) is 5. The second kappa shape index (κ2) is 5.17. The normalized spacial score (nSPS) is 16.7. The highest BCUT2D eigenvalue weighted by atomic mass is 16.3. The van der Waals surface area contributed by atoms with E-state index in [9.17, 15) is 0 Å². The van der Waals surface area contributed by atoms with Crippen molar-refractivity contribution in [2.75, 3.05) is 16.8 Å². The number of hydrogen-bond acceptors (Lipinski definition) is 6. The monoisotopic (exact) mass is 345 g/mol. The number of fused-ring (bicyclic) bond motifs is 4. The zero-order chi connectivity index (χ0) is 18.0. The van der Waals surface area contributed by atoms with Crippen molar-refractivity contribution >= 4 is 39.4 Å². The minimum atomic E-state index is 0.0830. The predicted octanol–water partition coefficient (Wildman–Crippen LogP) is 4.32. The molecule has 4 heterocycles. The Hall–Kier alpha value is -3.15. The Balaban J connectivity index is 1.84. The van der Waals surface area contributed by atoms with Gasteiger partial charge in [-0.2, -0.15) is 0 Å². The van der Waals surface area contributed by atoms with E-state index in [1.165, 1.54) is 0 Å². The summed E-state index contributed by atoms with van der Waals surface area (Å²) in [6.07, 6.45) is 3.54. The van der Waals surface area contributed by atoms with Gasteiger partial charge in [0.1, 0.15) is 6.17 Å². The van der Waals surface area contributed by atoms with E-state index in [-0.39, 0.29) is 6.17 Å². The summed E-state index contributed by atoms with van der Waals surface area (Å²) in [4.78, 5) is 18.0. The highest BCUT2D eigenvalue weighted by Crippen LogP contribution is 2.45. The van der Waals surface area contributed by atoms with Gasteiger partial charge in [-0.3, -0.25) is 4.90 Å². The van der Waals surface area contributed by atoms with Crippen LogP contribution in [0.3, 0.4) is 0 Å². The van der Waals surface area contributed by atoms with Gasteiger partial charge in [-0.05, 0) is 38.5 Å². The van der Waals surface area contributed by atoms with Crippen LogP contribution in [-0.4, -0.2) is 28.2 Å². The topological polar surface area (TPSA) is 58.3 Å². The first-order valence-electron chi connectivity index (χ1n) is 8.69.